The Morgan fingerprint density at radius 2 is 2.09 bits per heavy atom. The standard InChI is InChI=1S/C17H23ClN4O/c1-2-12-3-6-14(7-4-12)21-17(23)19-9-15-11-22-10-13(18)5-8-16(22)20-15/h5,8,10-12,14H,2-4,6-7,9H2,1H3,(H2,19,21,23). The first-order chi connectivity index (χ1) is 11.1. The van der Waals surface area contributed by atoms with Gasteiger partial charge in [-0.25, -0.2) is 9.78 Å². The highest BCUT2D eigenvalue weighted by molar-refractivity contribution is 6.30. The maximum atomic E-state index is 12.0. The Morgan fingerprint density at radius 1 is 1.30 bits per heavy atom. The summed E-state index contributed by atoms with van der Waals surface area (Å²) in [5.41, 5.74) is 1.64. The van der Waals surface area contributed by atoms with E-state index in [1.54, 1.807) is 12.3 Å². The third-order valence-electron chi connectivity index (χ3n) is 4.65. The van der Waals surface area contributed by atoms with E-state index in [1.807, 2.05) is 16.7 Å². The third kappa shape index (κ3) is 4.16. The molecule has 6 heteroatoms. The van der Waals surface area contributed by atoms with Crippen LogP contribution in [-0.4, -0.2) is 21.5 Å². The number of carbonyl (C=O) groups is 1. The summed E-state index contributed by atoms with van der Waals surface area (Å²) in [5, 5.41) is 6.62. The Morgan fingerprint density at radius 3 is 2.83 bits per heavy atom. The van der Waals surface area contributed by atoms with E-state index in [4.69, 9.17) is 11.6 Å². The summed E-state index contributed by atoms with van der Waals surface area (Å²) in [5.74, 6) is 0.834. The van der Waals surface area contributed by atoms with E-state index < -0.39 is 0 Å². The molecule has 2 amide bonds. The van der Waals surface area contributed by atoms with Crippen molar-refractivity contribution in [2.45, 2.75) is 51.6 Å². The van der Waals surface area contributed by atoms with Gasteiger partial charge in [0, 0.05) is 18.4 Å². The van der Waals surface area contributed by atoms with Crippen LogP contribution in [0.1, 0.15) is 44.7 Å². The highest BCUT2D eigenvalue weighted by Crippen LogP contribution is 2.26. The smallest absolute Gasteiger partial charge is 0.315 e. The molecule has 2 heterocycles. The van der Waals surface area contributed by atoms with Gasteiger partial charge in [-0.15, -0.1) is 0 Å². The average Bonchev–Trinajstić information content (AvgIpc) is 2.95. The van der Waals surface area contributed by atoms with Gasteiger partial charge in [0.2, 0.25) is 0 Å². The van der Waals surface area contributed by atoms with Crippen LogP contribution in [-0.2, 0) is 6.54 Å². The number of rotatable bonds is 4. The summed E-state index contributed by atoms with van der Waals surface area (Å²) in [7, 11) is 0. The number of hydrogen-bond donors (Lipinski definition) is 2. The fourth-order valence-corrected chi connectivity index (χ4v) is 3.39. The van der Waals surface area contributed by atoms with Crippen molar-refractivity contribution in [2.75, 3.05) is 0 Å². The lowest BCUT2D eigenvalue weighted by atomic mass is 9.85. The third-order valence-corrected chi connectivity index (χ3v) is 4.88. The molecule has 0 aromatic carbocycles. The van der Waals surface area contributed by atoms with Crippen LogP contribution in [0.5, 0.6) is 0 Å². The normalized spacial score (nSPS) is 21.3. The summed E-state index contributed by atoms with van der Waals surface area (Å²) >= 11 is 5.96. The van der Waals surface area contributed by atoms with Crippen LogP contribution in [0.15, 0.2) is 24.5 Å². The van der Waals surface area contributed by atoms with E-state index in [0.717, 1.165) is 30.1 Å². The number of urea groups is 1. The van der Waals surface area contributed by atoms with Crippen molar-refractivity contribution >= 4 is 23.3 Å². The Kier molecular flexibility index (Phi) is 5.06. The van der Waals surface area contributed by atoms with E-state index in [1.165, 1.54) is 19.3 Å². The number of carbonyl (C=O) groups excluding carboxylic acids is 1. The molecule has 1 fully saturated rings. The molecule has 0 unspecified atom stereocenters. The zero-order chi connectivity index (χ0) is 16.2. The molecule has 0 radical (unpaired) electrons. The number of halogens is 1. The van der Waals surface area contributed by atoms with Crippen molar-refractivity contribution in [1.29, 1.82) is 0 Å². The molecule has 124 valence electrons. The van der Waals surface area contributed by atoms with Gasteiger partial charge in [-0.05, 0) is 43.7 Å². The zero-order valence-electron chi connectivity index (χ0n) is 13.4. The molecule has 23 heavy (non-hydrogen) atoms. The second-order valence-electron chi connectivity index (χ2n) is 6.30. The number of fused-ring (bicyclic) bond motifs is 1. The lowest BCUT2D eigenvalue weighted by Crippen LogP contribution is -2.43. The van der Waals surface area contributed by atoms with Crippen molar-refractivity contribution < 1.29 is 4.79 Å². The number of pyridine rings is 1. The second-order valence-corrected chi connectivity index (χ2v) is 6.73. The predicted octanol–water partition coefficient (Wildman–Crippen LogP) is 3.76. The van der Waals surface area contributed by atoms with Crippen LogP contribution < -0.4 is 10.6 Å². The number of nitrogens with zero attached hydrogens (tertiary/aromatic N) is 2. The highest BCUT2D eigenvalue weighted by atomic mass is 35.5. The molecule has 3 rings (SSSR count). The number of amides is 2. The summed E-state index contributed by atoms with van der Waals surface area (Å²) in [4.78, 5) is 16.5. The molecule has 0 aliphatic heterocycles. The fraction of sp³-hybridized carbons (Fsp3) is 0.529. The van der Waals surface area contributed by atoms with Crippen molar-refractivity contribution in [3.63, 3.8) is 0 Å². The zero-order valence-corrected chi connectivity index (χ0v) is 14.1. The molecule has 2 N–H and O–H groups in total. The van der Waals surface area contributed by atoms with E-state index in [9.17, 15) is 4.79 Å². The van der Waals surface area contributed by atoms with E-state index in [0.29, 0.717) is 17.6 Å². The SMILES string of the molecule is CCC1CCC(NC(=O)NCc2cn3cc(Cl)ccc3n2)CC1. The highest BCUT2D eigenvalue weighted by Gasteiger charge is 2.21. The fourth-order valence-electron chi connectivity index (χ4n) is 3.22. The Labute approximate surface area is 141 Å². The van der Waals surface area contributed by atoms with Crippen molar-refractivity contribution in [3.05, 3.63) is 35.2 Å². The minimum atomic E-state index is -0.111. The molecular formula is C17H23ClN4O. The molecule has 0 bridgehead atoms. The molecule has 0 atom stereocenters. The topological polar surface area (TPSA) is 58.4 Å². The number of nitrogens with one attached hydrogen (secondary N) is 2. The van der Waals surface area contributed by atoms with Crippen LogP contribution in [0.3, 0.4) is 0 Å². The molecule has 2 aromatic heterocycles. The van der Waals surface area contributed by atoms with Crippen LogP contribution in [0.4, 0.5) is 4.79 Å². The lowest BCUT2D eigenvalue weighted by Gasteiger charge is -2.28. The molecule has 1 aliphatic carbocycles. The van der Waals surface area contributed by atoms with Crippen LogP contribution in [0.25, 0.3) is 5.65 Å². The summed E-state index contributed by atoms with van der Waals surface area (Å²) in [6.07, 6.45) is 9.53. The Balaban J connectivity index is 1.48. The van der Waals surface area contributed by atoms with Gasteiger partial charge in [-0.2, -0.15) is 0 Å². The monoisotopic (exact) mass is 334 g/mol. The van der Waals surface area contributed by atoms with Crippen LogP contribution >= 0.6 is 11.6 Å². The van der Waals surface area contributed by atoms with Gasteiger partial charge in [-0.1, -0.05) is 24.9 Å². The quantitative estimate of drug-likeness (QED) is 0.894. The van der Waals surface area contributed by atoms with Gasteiger partial charge in [0.1, 0.15) is 5.65 Å². The van der Waals surface area contributed by atoms with Crippen LogP contribution in [0.2, 0.25) is 5.02 Å². The lowest BCUT2D eigenvalue weighted by molar-refractivity contribution is 0.226. The van der Waals surface area contributed by atoms with E-state index >= 15 is 0 Å². The van der Waals surface area contributed by atoms with Gasteiger partial charge < -0.3 is 15.0 Å². The first-order valence-corrected chi connectivity index (χ1v) is 8.69. The molecule has 5 nitrogen and oxygen atoms in total. The van der Waals surface area contributed by atoms with Gasteiger partial charge in [0.15, 0.2) is 0 Å². The van der Waals surface area contributed by atoms with E-state index in [-0.39, 0.29) is 6.03 Å². The maximum Gasteiger partial charge on any atom is 0.315 e. The average molecular weight is 335 g/mol. The second kappa shape index (κ2) is 7.21. The van der Waals surface area contributed by atoms with E-state index in [2.05, 4.69) is 22.5 Å². The summed E-state index contributed by atoms with van der Waals surface area (Å²) < 4.78 is 1.86. The summed E-state index contributed by atoms with van der Waals surface area (Å²) in [6, 6.07) is 3.86. The first kappa shape index (κ1) is 16.1. The predicted molar refractivity (Wildman–Crippen MR) is 91.6 cm³/mol. The summed E-state index contributed by atoms with van der Waals surface area (Å²) in [6.45, 7) is 2.66. The molecule has 2 aromatic rings. The van der Waals surface area contributed by atoms with Crippen molar-refractivity contribution in [1.82, 2.24) is 20.0 Å². The number of hydrogen-bond acceptors (Lipinski definition) is 2. The number of aromatic nitrogens is 2. The largest absolute Gasteiger partial charge is 0.335 e. The van der Waals surface area contributed by atoms with Gasteiger partial charge in [-0.3, -0.25) is 0 Å². The first-order valence-electron chi connectivity index (χ1n) is 8.31. The number of imidazole rings is 1. The van der Waals surface area contributed by atoms with Gasteiger partial charge in [0.25, 0.3) is 0 Å². The van der Waals surface area contributed by atoms with Crippen LogP contribution in [0, 0.1) is 5.92 Å². The minimum Gasteiger partial charge on any atom is -0.335 e. The molecule has 0 spiro atoms. The van der Waals surface area contributed by atoms with Gasteiger partial charge in [0.05, 0.1) is 17.3 Å². The molecule has 1 aliphatic rings. The molecule has 1 saturated carbocycles. The molecule has 0 saturated heterocycles. The Hall–Kier alpha value is -1.75. The van der Waals surface area contributed by atoms with Crippen molar-refractivity contribution in [2.24, 2.45) is 5.92 Å². The Bertz CT molecular complexity index is 676. The minimum absolute atomic E-state index is 0.111. The van der Waals surface area contributed by atoms with Crippen molar-refractivity contribution in [3.8, 4) is 0 Å². The molecular weight excluding hydrogens is 312 g/mol. The maximum absolute atomic E-state index is 12.0. The van der Waals surface area contributed by atoms with Gasteiger partial charge >= 0.3 is 6.03 Å².